The van der Waals surface area contributed by atoms with Crippen LogP contribution < -0.4 is 20.9 Å². The quantitative estimate of drug-likeness (QED) is 0.341. The number of nitrogens with zero attached hydrogens (tertiary/aromatic N) is 3. The lowest BCUT2D eigenvalue weighted by atomic mass is 9.86. The number of urea groups is 1. The SMILES string of the molecule is CN(C)c1nc(N[C@H]2CC[C@@H](CNC(=O)Nc3cccc4ccccc34)CC2)nc2ccccc12. The maximum Gasteiger partial charge on any atom is 0.319 e. The Kier molecular flexibility index (Phi) is 6.66. The highest BCUT2D eigenvalue weighted by molar-refractivity contribution is 6.01. The molecule has 1 aliphatic rings. The molecule has 0 atom stereocenters. The highest BCUT2D eigenvalue weighted by Crippen LogP contribution is 2.28. The van der Waals surface area contributed by atoms with E-state index in [1.54, 1.807) is 0 Å². The molecule has 1 aromatic heterocycles. The van der Waals surface area contributed by atoms with Crippen molar-refractivity contribution in [2.75, 3.05) is 36.2 Å². The van der Waals surface area contributed by atoms with Gasteiger partial charge in [-0.25, -0.2) is 9.78 Å². The smallest absolute Gasteiger partial charge is 0.319 e. The molecule has 1 saturated carbocycles. The summed E-state index contributed by atoms with van der Waals surface area (Å²) < 4.78 is 0. The predicted molar refractivity (Wildman–Crippen MR) is 144 cm³/mol. The van der Waals surface area contributed by atoms with Gasteiger partial charge in [0.1, 0.15) is 5.82 Å². The molecule has 1 heterocycles. The number of nitrogens with one attached hydrogen (secondary N) is 3. The van der Waals surface area contributed by atoms with Gasteiger partial charge >= 0.3 is 6.03 Å². The Morgan fingerprint density at radius 3 is 2.40 bits per heavy atom. The van der Waals surface area contributed by atoms with E-state index in [9.17, 15) is 4.79 Å². The van der Waals surface area contributed by atoms with E-state index < -0.39 is 0 Å². The standard InChI is InChI=1S/C28H32N6O/c1-34(2)26-23-11-5-6-12-25(23)31-27(33-26)30-21-16-14-19(15-17-21)18-29-28(35)32-24-13-7-9-20-8-3-4-10-22(20)24/h3-13,19,21H,14-18H2,1-2H3,(H2,29,32,35)(H,30,31,33)/t19-,21+. The van der Waals surface area contributed by atoms with Gasteiger partial charge in [0.15, 0.2) is 0 Å². The Morgan fingerprint density at radius 2 is 1.60 bits per heavy atom. The highest BCUT2D eigenvalue weighted by Gasteiger charge is 2.23. The van der Waals surface area contributed by atoms with E-state index in [4.69, 9.17) is 9.97 Å². The molecule has 0 unspecified atom stereocenters. The van der Waals surface area contributed by atoms with Crippen molar-refractivity contribution in [1.29, 1.82) is 0 Å². The Balaban J connectivity index is 1.13. The number of carbonyl (C=O) groups is 1. The van der Waals surface area contributed by atoms with Crippen molar-refractivity contribution in [3.63, 3.8) is 0 Å². The summed E-state index contributed by atoms with van der Waals surface area (Å²) in [7, 11) is 4.01. The third kappa shape index (κ3) is 5.29. The molecule has 4 aromatic rings. The lowest BCUT2D eigenvalue weighted by Crippen LogP contribution is -2.36. The van der Waals surface area contributed by atoms with Gasteiger partial charge < -0.3 is 20.9 Å². The van der Waals surface area contributed by atoms with Crippen LogP contribution in [0.15, 0.2) is 66.7 Å². The summed E-state index contributed by atoms with van der Waals surface area (Å²) in [5.74, 6) is 2.08. The minimum atomic E-state index is -0.151. The van der Waals surface area contributed by atoms with E-state index in [0.717, 1.165) is 58.9 Å². The van der Waals surface area contributed by atoms with Gasteiger partial charge in [-0.2, -0.15) is 4.98 Å². The number of fused-ring (bicyclic) bond motifs is 2. The van der Waals surface area contributed by atoms with Crippen LogP contribution in [0.3, 0.4) is 0 Å². The number of hydrogen-bond donors (Lipinski definition) is 3. The third-order valence-corrected chi connectivity index (χ3v) is 6.78. The van der Waals surface area contributed by atoms with Crippen molar-refractivity contribution in [3.05, 3.63) is 66.7 Å². The number of para-hydroxylation sites is 1. The average Bonchev–Trinajstić information content (AvgIpc) is 2.88. The molecule has 1 aliphatic carbocycles. The number of amides is 2. The van der Waals surface area contributed by atoms with Crippen LogP contribution in [0.25, 0.3) is 21.7 Å². The van der Waals surface area contributed by atoms with Crippen LogP contribution >= 0.6 is 0 Å². The largest absolute Gasteiger partial charge is 0.362 e. The molecule has 1 fully saturated rings. The zero-order valence-electron chi connectivity index (χ0n) is 20.3. The van der Waals surface area contributed by atoms with Crippen LogP contribution in [0, 0.1) is 5.92 Å². The summed E-state index contributed by atoms with van der Waals surface area (Å²) in [6.07, 6.45) is 4.18. The zero-order valence-corrected chi connectivity index (χ0v) is 20.3. The molecular formula is C28H32N6O. The molecule has 3 aromatic carbocycles. The molecule has 0 spiro atoms. The minimum absolute atomic E-state index is 0.151. The molecular weight excluding hydrogens is 436 g/mol. The van der Waals surface area contributed by atoms with Crippen LogP contribution in [-0.2, 0) is 0 Å². The Labute approximate surface area is 206 Å². The molecule has 0 radical (unpaired) electrons. The molecule has 0 aliphatic heterocycles. The average molecular weight is 469 g/mol. The molecule has 7 heteroatoms. The number of anilines is 3. The third-order valence-electron chi connectivity index (χ3n) is 6.78. The Hall–Kier alpha value is -3.87. The van der Waals surface area contributed by atoms with Gasteiger partial charge in [-0.05, 0) is 55.2 Å². The monoisotopic (exact) mass is 468 g/mol. The van der Waals surface area contributed by atoms with Crippen molar-refractivity contribution in [3.8, 4) is 0 Å². The van der Waals surface area contributed by atoms with E-state index in [0.29, 0.717) is 24.5 Å². The lowest BCUT2D eigenvalue weighted by Gasteiger charge is -2.29. The van der Waals surface area contributed by atoms with Gasteiger partial charge in [0, 0.05) is 37.5 Å². The van der Waals surface area contributed by atoms with Crippen molar-refractivity contribution in [1.82, 2.24) is 15.3 Å². The van der Waals surface area contributed by atoms with Crippen LogP contribution in [-0.4, -0.2) is 42.7 Å². The first-order valence-corrected chi connectivity index (χ1v) is 12.3. The first-order chi connectivity index (χ1) is 17.1. The van der Waals surface area contributed by atoms with Gasteiger partial charge in [0.05, 0.1) is 11.2 Å². The lowest BCUT2D eigenvalue weighted by molar-refractivity contribution is 0.246. The maximum absolute atomic E-state index is 12.5. The van der Waals surface area contributed by atoms with Gasteiger partial charge in [-0.1, -0.05) is 48.5 Å². The fourth-order valence-corrected chi connectivity index (χ4v) is 4.90. The number of rotatable bonds is 6. The predicted octanol–water partition coefficient (Wildman–Crippen LogP) is 5.64. The van der Waals surface area contributed by atoms with Crippen molar-refractivity contribution in [2.45, 2.75) is 31.7 Å². The highest BCUT2D eigenvalue weighted by atomic mass is 16.2. The Bertz CT molecular complexity index is 1320. The van der Waals surface area contributed by atoms with Gasteiger partial charge in [-0.3, -0.25) is 0 Å². The first-order valence-electron chi connectivity index (χ1n) is 12.3. The van der Waals surface area contributed by atoms with Gasteiger partial charge in [0.2, 0.25) is 5.95 Å². The summed E-state index contributed by atoms with van der Waals surface area (Å²) in [6, 6.07) is 22.3. The minimum Gasteiger partial charge on any atom is -0.362 e. The second-order valence-corrected chi connectivity index (χ2v) is 9.51. The number of hydrogen-bond acceptors (Lipinski definition) is 5. The van der Waals surface area contributed by atoms with E-state index >= 15 is 0 Å². The molecule has 3 N–H and O–H groups in total. The topological polar surface area (TPSA) is 82.2 Å². The number of carbonyl (C=O) groups excluding carboxylic acids is 1. The molecule has 0 bridgehead atoms. The maximum atomic E-state index is 12.5. The van der Waals surface area contributed by atoms with Crippen molar-refractivity contribution >= 4 is 45.2 Å². The van der Waals surface area contributed by atoms with E-state index in [2.05, 4.69) is 34.1 Å². The molecule has 5 rings (SSSR count). The normalized spacial score (nSPS) is 17.8. The van der Waals surface area contributed by atoms with Gasteiger partial charge in [0.25, 0.3) is 0 Å². The summed E-state index contributed by atoms with van der Waals surface area (Å²) in [4.78, 5) is 24.1. The van der Waals surface area contributed by atoms with Crippen LogP contribution in [0.4, 0.5) is 22.2 Å². The van der Waals surface area contributed by atoms with Crippen LogP contribution in [0.1, 0.15) is 25.7 Å². The Morgan fingerprint density at radius 1 is 0.886 bits per heavy atom. The zero-order chi connectivity index (χ0) is 24.2. The van der Waals surface area contributed by atoms with E-state index in [-0.39, 0.29) is 6.03 Å². The number of benzene rings is 3. The fraction of sp³-hybridized carbons (Fsp3) is 0.321. The summed E-state index contributed by atoms with van der Waals surface area (Å²) in [5.41, 5.74) is 1.78. The molecule has 2 amide bonds. The van der Waals surface area contributed by atoms with Crippen molar-refractivity contribution in [2.24, 2.45) is 5.92 Å². The summed E-state index contributed by atoms with van der Waals surface area (Å²) in [6.45, 7) is 0.681. The second-order valence-electron chi connectivity index (χ2n) is 9.51. The van der Waals surface area contributed by atoms with Crippen molar-refractivity contribution < 1.29 is 4.79 Å². The molecule has 180 valence electrons. The second kappa shape index (κ2) is 10.2. The van der Waals surface area contributed by atoms with Gasteiger partial charge in [-0.15, -0.1) is 0 Å². The van der Waals surface area contributed by atoms with E-state index in [1.807, 2.05) is 67.5 Å². The molecule has 7 nitrogen and oxygen atoms in total. The summed E-state index contributed by atoms with van der Waals surface area (Å²) in [5, 5.41) is 12.9. The van der Waals surface area contributed by atoms with Crippen LogP contribution in [0.5, 0.6) is 0 Å². The number of aromatic nitrogens is 2. The molecule has 35 heavy (non-hydrogen) atoms. The fourth-order valence-electron chi connectivity index (χ4n) is 4.90. The van der Waals surface area contributed by atoms with E-state index in [1.165, 1.54) is 0 Å². The first kappa shape index (κ1) is 22.9. The van der Waals surface area contributed by atoms with Crippen LogP contribution in [0.2, 0.25) is 0 Å². The molecule has 0 saturated heterocycles. The summed E-state index contributed by atoms with van der Waals surface area (Å²) >= 11 is 0.